The number of benzene rings is 1. The topological polar surface area (TPSA) is 15.3 Å². The third-order valence-corrected chi connectivity index (χ3v) is 4.44. The SMILES string of the molecule is c1ccc(CN2CCC(NCCCC3CC3)C2)cc1. The summed E-state index contributed by atoms with van der Waals surface area (Å²) in [5, 5.41) is 3.74. The minimum absolute atomic E-state index is 0.725. The van der Waals surface area contributed by atoms with Crippen LogP contribution in [0, 0.1) is 5.92 Å². The molecule has 1 aromatic carbocycles. The van der Waals surface area contributed by atoms with Crippen molar-refractivity contribution in [2.24, 2.45) is 5.92 Å². The van der Waals surface area contributed by atoms with Crippen molar-refractivity contribution in [3.05, 3.63) is 35.9 Å². The highest BCUT2D eigenvalue weighted by Gasteiger charge is 2.23. The Balaban J connectivity index is 1.33. The Hall–Kier alpha value is -0.860. The van der Waals surface area contributed by atoms with E-state index in [-0.39, 0.29) is 0 Å². The predicted octanol–water partition coefficient (Wildman–Crippen LogP) is 3.04. The number of nitrogens with one attached hydrogen (secondary N) is 1. The molecule has 1 aliphatic carbocycles. The zero-order valence-electron chi connectivity index (χ0n) is 11.9. The van der Waals surface area contributed by atoms with Gasteiger partial charge in [-0.05, 0) is 37.3 Å². The lowest BCUT2D eigenvalue weighted by atomic mass is 10.2. The molecule has 1 saturated carbocycles. The van der Waals surface area contributed by atoms with Crippen molar-refractivity contribution in [2.45, 2.75) is 44.7 Å². The molecule has 1 heterocycles. The van der Waals surface area contributed by atoms with Gasteiger partial charge in [-0.25, -0.2) is 0 Å². The standard InChI is InChI=1S/C17H26N2/c1-2-5-16(6-3-1)13-19-12-10-17(14-19)18-11-4-7-15-8-9-15/h1-3,5-6,15,17-18H,4,7-14H2. The highest BCUT2D eigenvalue weighted by molar-refractivity contribution is 5.14. The van der Waals surface area contributed by atoms with E-state index in [4.69, 9.17) is 0 Å². The summed E-state index contributed by atoms with van der Waals surface area (Å²) in [7, 11) is 0. The van der Waals surface area contributed by atoms with Gasteiger partial charge >= 0.3 is 0 Å². The molecule has 0 spiro atoms. The van der Waals surface area contributed by atoms with E-state index in [1.807, 2.05) is 0 Å². The van der Waals surface area contributed by atoms with E-state index in [0.29, 0.717) is 0 Å². The summed E-state index contributed by atoms with van der Waals surface area (Å²) in [6.07, 6.45) is 7.13. The third-order valence-electron chi connectivity index (χ3n) is 4.44. The first kappa shape index (κ1) is 13.1. The van der Waals surface area contributed by atoms with Gasteiger partial charge in [0.15, 0.2) is 0 Å². The summed E-state index contributed by atoms with van der Waals surface area (Å²) < 4.78 is 0. The highest BCUT2D eigenvalue weighted by Crippen LogP contribution is 2.33. The van der Waals surface area contributed by atoms with Crippen LogP contribution in [0.5, 0.6) is 0 Å². The van der Waals surface area contributed by atoms with Gasteiger partial charge in [-0.3, -0.25) is 4.90 Å². The molecule has 1 saturated heterocycles. The molecule has 0 radical (unpaired) electrons. The lowest BCUT2D eigenvalue weighted by Crippen LogP contribution is -2.33. The van der Waals surface area contributed by atoms with Crippen molar-refractivity contribution >= 4 is 0 Å². The molecule has 104 valence electrons. The van der Waals surface area contributed by atoms with E-state index in [1.54, 1.807) is 0 Å². The van der Waals surface area contributed by atoms with Gasteiger partial charge in [0.25, 0.3) is 0 Å². The van der Waals surface area contributed by atoms with E-state index in [9.17, 15) is 0 Å². The number of hydrogen-bond donors (Lipinski definition) is 1. The smallest absolute Gasteiger partial charge is 0.0234 e. The number of nitrogens with zero attached hydrogens (tertiary/aromatic N) is 1. The van der Waals surface area contributed by atoms with Gasteiger partial charge < -0.3 is 5.32 Å². The molecular formula is C17H26N2. The number of rotatable bonds is 7. The molecule has 1 atom stereocenters. The molecule has 2 aliphatic rings. The Kier molecular flexibility index (Phi) is 4.52. The van der Waals surface area contributed by atoms with E-state index in [0.717, 1.165) is 18.5 Å². The van der Waals surface area contributed by atoms with Crippen LogP contribution in [0.2, 0.25) is 0 Å². The normalized spacial score (nSPS) is 23.9. The van der Waals surface area contributed by atoms with E-state index in [2.05, 4.69) is 40.5 Å². The van der Waals surface area contributed by atoms with Gasteiger partial charge in [0.05, 0.1) is 0 Å². The molecule has 1 N–H and O–H groups in total. The van der Waals surface area contributed by atoms with Crippen molar-refractivity contribution in [1.82, 2.24) is 10.2 Å². The molecule has 0 amide bonds. The molecule has 3 rings (SSSR count). The average Bonchev–Trinajstić information content (AvgIpc) is 3.16. The summed E-state index contributed by atoms with van der Waals surface area (Å²) in [5.74, 6) is 1.08. The van der Waals surface area contributed by atoms with Gasteiger partial charge in [0, 0.05) is 25.7 Å². The Morgan fingerprint density at radius 3 is 2.74 bits per heavy atom. The maximum Gasteiger partial charge on any atom is 0.0234 e. The molecule has 2 nitrogen and oxygen atoms in total. The van der Waals surface area contributed by atoms with E-state index < -0.39 is 0 Å². The molecule has 2 heteroatoms. The molecule has 1 aliphatic heterocycles. The van der Waals surface area contributed by atoms with Crippen LogP contribution in [-0.2, 0) is 6.54 Å². The Morgan fingerprint density at radius 1 is 1.11 bits per heavy atom. The first-order valence-electron chi connectivity index (χ1n) is 7.90. The van der Waals surface area contributed by atoms with Crippen molar-refractivity contribution < 1.29 is 0 Å². The van der Waals surface area contributed by atoms with Crippen LogP contribution in [-0.4, -0.2) is 30.6 Å². The van der Waals surface area contributed by atoms with Gasteiger partial charge in [0.2, 0.25) is 0 Å². The van der Waals surface area contributed by atoms with Gasteiger partial charge in [-0.1, -0.05) is 43.2 Å². The second kappa shape index (κ2) is 6.53. The summed E-state index contributed by atoms with van der Waals surface area (Å²) in [4.78, 5) is 2.58. The van der Waals surface area contributed by atoms with Crippen molar-refractivity contribution in [3.63, 3.8) is 0 Å². The molecule has 1 aromatic rings. The Labute approximate surface area is 117 Å². The minimum atomic E-state index is 0.725. The fourth-order valence-electron chi connectivity index (χ4n) is 3.09. The predicted molar refractivity (Wildman–Crippen MR) is 80.1 cm³/mol. The molecule has 19 heavy (non-hydrogen) atoms. The number of likely N-dealkylation sites (tertiary alicyclic amines) is 1. The minimum Gasteiger partial charge on any atom is -0.313 e. The van der Waals surface area contributed by atoms with Crippen LogP contribution in [0.4, 0.5) is 0 Å². The lowest BCUT2D eigenvalue weighted by molar-refractivity contribution is 0.320. The molecular weight excluding hydrogens is 232 g/mol. The quantitative estimate of drug-likeness (QED) is 0.756. The van der Waals surface area contributed by atoms with E-state index >= 15 is 0 Å². The van der Waals surface area contributed by atoms with Crippen LogP contribution in [0.25, 0.3) is 0 Å². The fraction of sp³-hybridized carbons (Fsp3) is 0.647. The van der Waals surface area contributed by atoms with Gasteiger partial charge in [-0.2, -0.15) is 0 Å². The van der Waals surface area contributed by atoms with Crippen molar-refractivity contribution in [2.75, 3.05) is 19.6 Å². The monoisotopic (exact) mass is 258 g/mol. The molecule has 1 unspecified atom stereocenters. The first-order chi connectivity index (χ1) is 9.40. The van der Waals surface area contributed by atoms with Gasteiger partial charge in [-0.15, -0.1) is 0 Å². The summed E-state index contributed by atoms with van der Waals surface area (Å²) in [6.45, 7) is 4.80. The second-order valence-electron chi connectivity index (χ2n) is 6.25. The molecule has 0 aromatic heterocycles. The maximum absolute atomic E-state index is 3.74. The largest absolute Gasteiger partial charge is 0.313 e. The van der Waals surface area contributed by atoms with Crippen molar-refractivity contribution in [1.29, 1.82) is 0 Å². The lowest BCUT2D eigenvalue weighted by Gasteiger charge is -2.16. The molecule has 2 fully saturated rings. The zero-order chi connectivity index (χ0) is 12.9. The number of hydrogen-bond acceptors (Lipinski definition) is 2. The van der Waals surface area contributed by atoms with Crippen molar-refractivity contribution in [3.8, 4) is 0 Å². The first-order valence-corrected chi connectivity index (χ1v) is 7.90. The van der Waals surface area contributed by atoms with Crippen LogP contribution < -0.4 is 5.32 Å². The van der Waals surface area contributed by atoms with E-state index in [1.165, 1.54) is 57.3 Å². The van der Waals surface area contributed by atoms with Gasteiger partial charge in [0.1, 0.15) is 0 Å². The fourth-order valence-corrected chi connectivity index (χ4v) is 3.09. The van der Waals surface area contributed by atoms with Crippen LogP contribution >= 0.6 is 0 Å². The zero-order valence-corrected chi connectivity index (χ0v) is 11.9. The highest BCUT2D eigenvalue weighted by atomic mass is 15.2. The maximum atomic E-state index is 3.74. The van der Waals surface area contributed by atoms with Crippen LogP contribution in [0.15, 0.2) is 30.3 Å². The van der Waals surface area contributed by atoms with Crippen LogP contribution in [0.1, 0.15) is 37.7 Å². The Bertz CT molecular complexity index is 372. The Morgan fingerprint density at radius 2 is 1.95 bits per heavy atom. The van der Waals surface area contributed by atoms with Crippen LogP contribution in [0.3, 0.4) is 0 Å². The molecule has 0 bridgehead atoms. The summed E-state index contributed by atoms with van der Waals surface area (Å²) in [6, 6.07) is 11.6. The summed E-state index contributed by atoms with van der Waals surface area (Å²) in [5.41, 5.74) is 1.44. The third kappa shape index (κ3) is 4.32. The summed E-state index contributed by atoms with van der Waals surface area (Å²) >= 11 is 0. The second-order valence-corrected chi connectivity index (χ2v) is 6.25. The average molecular weight is 258 g/mol.